The first-order valence-electron chi connectivity index (χ1n) is 3.93. The SMILES string of the molecule is CSc1cccc2sc(I)c(C#N)c12. The van der Waals surface area contributed by atoms with E-state index in [9.17, 15) is 0 Å². The Morgan fingerprint density at radius 1 is 1.50 bits per heavy atom. The van der Waals surface area contributed by atoms with Gasteiger partial charge in [-0.05, 0) is 41.0 Å². The van der Waals surface area contributed by atoms with Crippen molar-refractivity contribution in [2.75, 3.05) is 6.26 Å². The van der Waals surface area contributed by atoms with E-state index in [1.54, 1.807) is 23.1 Å². The molecule has 0 saturated carbocycles. The third kappa shape index (κ3) is 1.53. The smallest absolute Gasteiger partial charge is 0.102 e. The third-order valence-corrected chi connectivity index (χ3v) is 4.89. The molecule has 14 heavy (non-hydrogen) atoms. The van der Waals surface area contributed by atoms with Crippen LogP contribution in [0.4, 0.5) is 0 Å². The van der Waals surface area contributed by atoms with Crippen molar-refractivity contribution >= 4 is 55.8 Å². The van der Waals surface area contributed by atoms with E-state index in [2.05, 4.69) is 40.8 Å². The molecule has 0 atom stereocenters. The molecule has 70 valence electrons. The third-order valence-electron chi connectivity index (χ3n) is 1.97. The number of hydrogen-bond donors (Lipinski definition) is 0. The van der Waals surface area contributed by atoms with Crippen molar-refractivity contribution in [2.24, 2.45) is 0 Å². The van der Waals surface area contributed by atoms with Gasteiger partial charge in [0.1, 0.15) is 6.07 Å². The fraction of sp³-hybridized carbons (Fsp3) is 0.100. The van der Waals surface area contributed by atoms with Gasteiger partial charge in [0.2, 0.25) is 0 Å². The number of halogens is 1. The Labute approximate surface area is 104 Å². The molecule has 0 bridgehead atoms. The Kier molecular flexibility index (Phi) is 3.00. The first kappa shape index (κ1) is 10.3. The van der Waals surface area contributed by atoms with Crippen LogP contribution in [0.5, 0.6) is 0 Å². The van der Waals surface area contributed by atoms with E-state index in [1.807, 2.05) is 12.3 Å². The van der Waals surface area contributed by atoms with Gasteiger partial charge < -0.3 is 0 Å². The first-order chi connectivity index (χ1) is 6.77. The zero-order valence-electron chi connectivity index (χ0n) is 7.37. The summed E-state index contributed by atoms with van der Waals surface area (Å²) in [6.07, 6.45) is 2.04. The Balaban J connectivity index is 2.91. The van der Waals surface area contributed by atoms with Crippen LogP contribution in [0.1, 0.15) is 5.56 Å². The molecule has 0 spiro atoms. The van der Waals surface area contributed by atoms with Crippen molar-refractivity contribution in [3.8, 4) is 6.07 Å². The quantitative estimate of drug-likeness (QED) is 0.580. The largest absolute Gasteiger partial charge is 0.192 e. The summed E-state index contributed by atoms with van der Waals surface area (Å²) in [5.74, 6) is 0. The number of thiophene rings is 1. The highest BCUT2D eigenvalue weighted by Gasteiger charge is 2.12. The van der Waals surface area contributed by atoms with Gasteiger partial charge in [-0.2, -0.15) is 5.26 Å². The average Bonchev–Trinajstić information content (AvgIpc) is 2.52. The van der Waals surface area contributed by atoms with Crippen LogP contribution in [0.2, 0.25) is 0 Å². The van der Waals surface area contributed by atoms with Gasteiger partial charge in [0, 0.05) is 15.0 Å². The normalized spacial score (nSPS) is 10.4. The van der Waals surface area contributed by atoms with Crippen LogP contribution in [0.15, 0.2) is 23.1 Å². The Morgan fingerprint density at radius 3 is 2.93 bits per heavy atom. The topological polar surface area (TPSA) is 23.8 Å². The number of nitrogens with zero attached hydrogens (tertiary/aromatic N) is 1. The summed E-state index contributed by atoms with van der Waals surface area (Å²) in [6, 6.07) is 8.46. The van der Waals surface area contributed by atoms with Crippen LogP contribution in [0.25, 0.3) is 10.1 Å². The molecule has 1 heterocycles. The van der Waals surface area contributed by atoms with E-state index in [4.69, 9.17) is 5.26 Å². The van der Waals surface area contributed by atoms with Crippen LogP contribution >= 0.6 is 45.7 Å². The highest BCUT2D eigenvalue weighted by Crippen LogP contribution is 2.37. The number of thioether (sulfide) groups is 1. The molecular weight excluding hydrogens is 325 g/mol. The molecule has 1 nitrogen and oxygen atoms in total. The van der Waals surface area contributed by atoms with E-state index in [-0.39, 0.29) is 0 Å². The van der Waals surface area contributed by atoms with Gasteiger partial charge in [-0.1, -0.05) is 6.07 Å². The van der Waals surface area contributed by atoms with E-state index in [1.165, 1.54) is 9.60 Å². The summed E-state index contributed by atoms with van der Waals surface area (Å²) in [4.78, 5) is 1.19. The van der Waals surface area contributed by atoms with Crippen LogP contribution in [0, 0.1) is 14.2 Å². The molecule has 4 heteroatoms. The first-order valence-corrected chi connectivity index (χ1v) is 7.05. The maximum Gasteiger partial charge on any atom is 0.102 e. The molecule has 0 saturated heterocycles. The lowest BCUT2D eigenvalue weighted by Gasteiger charge is -1.98. The molecular formula is C10H6INS2. The Hall–Kier alpha value is -0.250. The molecule has 0 fully saturated rings. The van der Waals surface area contributed by atoms with Crippen molar-refractivity contribution < 1.29 is 0 Å². The molecule has 1 aromatic carbocycles. The lowest BCUT2D eigenvalue weighted by molar-refractivity contribution is 1.49. The van der Waals surface area contributed by atoms with E-state index in [0.717, 1.165) is 13.8 Å². The number of benzene rings is 1. The van der Waals surface area contributed by atoms with Crippen LogP contribution in [-0.2, 0) is 0 Å². The standard InChI is InChI=1S/C10H6INS2/c1-13-7-3-2-4-8-9(7)6(5-12)10(11)14-8/h2-4H,1H3. The lowest BCUT2D eigenvalue weighted by atomic mass is 10.2. The zero-order chi connectivity index (χ0) is 10.1. The van der Waals surface area contributed by atoms with Gasteiger partial charge in [-0.3, -0.25) is 0 Å². The highest BCUT2D eigenvalue weighted by molar-refractivity contribution is 14.1. The van der Waals surface area contributed by atoms with Crippen LogP contribution in [-0.4, -0.2) is 6.26 Å². The predicted molar refractivity (Wildman–Crippen MR) is 71.0 cm³/mol. The van der Waals surface area contributed by atoms with Gasteiger partial charge in [-0.15, -0.1) is 23.1 Å². The summed E-state index contributed by atoms with van der Waals surface area (Å²) in [5, 5.41) is 10.2. The molecule has 0 unspecified atom stereocenters. The summed E-state index contributed by atoms with van der Waals surface area (Å²) in [5.41, 5.74) is 0.829. The molecule has 0 radical (unpaired) electrons. The molecule has 1 aromatic heterocycles. The van der Waals surface area contributed by atoms with Crippen LogP contribution in [0.3, 0.4) is 0 Å². The number of fused-ring (bicyclic) bond motifs is 1. The second-order valence-electron chi connectivity index (χ2n) is 2.70. The average molecular weight is 331 g/mol. The maximum absolute atomic E-state index is 9.07. The van der Waals surface area contributed by atoms with E-state index in [0.29, 0.717) is 0 Å². The summed E-state index contributed by atoms with van der Waals surface area (Å²) < 4.78 is 2.29. The maximum atomic E-state index is 9.07. The highest BCUT2D eigenvalue weighted by atomic mass is 127. The van der Waals surface area contributed by atoms with Gasteiger partial charge in [0.15, 0.2) is 0 Å². The minimum atomic E-state index is 0.829. The Bertz CT molecular complexity index is 525. The van der Waals surface area contributed by atoms with E-state index >= 15 is 0 Å². The monoisotopic (exact) mass is 331 g/mol. The Morgan fingerprint density at radius 2 is 2.29 bits per heavy atom. The second kappa shape index (κ2) is 4.09. The van der Waals surface area contributed by atoms with Gasteiger partial charge in [0.05, 0.1) is 8.45 Å². The molecule has 2 aromatic rings. The van der Waals surface area contributed by atoms with Crippen molar-refractivity contribution in [3.05, 3.63) is 26.6 Å². The van der Waals surface area contributed by atoms with Gasteiger partial charge in [-0.25, -0.2) is 0 Å². The van der Waals surface area contributed by atoms with Crippen molar-refractivity contribution in [1.82, 2.24) is 0 Å². The number of nitriles is 1. The molecule has 0 amide bonds. The second-order valence-corrected chi connectivity index (χ2v) is 6.41. The summed E-state index contributed by atoms with van der Waals surface area (Å²) >= 11 is 5.61. The fourth-order valence-corrected chi connectivity index (χ4v) is 4.06. The molecule has 0 aliphatic heterocycles. The zero-order valence-corrected chi connectivity index (χ0v) is 11.2. The lowest BCUT2D eigenvalue weighted by Crippen LogP contribution is -1.76. The molecule has 2 rings (SSSR count). The predicted octanol–water partition coefficient (Wildman–Crippen LogP) is 4.10. The van der Waals surface area contributed by atoms with Crippen molar-refractivity contribution in [3.63, 3.8) is 0 Å². The summed E-state index contributed by atoms with van der Waals surface area (Å²) in [7, 11) is 0. The number of hydrogen-bond acceptors (Lipinski definition) is 3. The van der Waals surface area contributed by atoms with E-state index < -0.39 is 0 Å². The minimum Gasteiger partial charge on any atom is -0.192 e. The van der Waals surface area contributed by atoms with Crippen molar-refractivity contribution in [1.29, 1.82) is 5.26 Å². The number of rotatable bonds is 1. The van der Waals surface area contributed by atoms with Crippen LogP contribution < -0.4 is 0 Å². The van der Waals surface area contributed by atoms with Crippen molar-refractivity contribution in [2.45, 2.75) is 4.90 Å². The summed E-state index contributed by atoms with van der Waals surface area (Å²) in [6.45, 7) is 0. The molecule has 0 aliphatic rings. The van der Waals surface area contributed by atoms with Gasteiger partial charge >= 0.3 is 0 Å². The van der Waals surface area contributed by atoms with Gasteiger partial charge in [0.25, 0.3) is 0 Å². The molecule has 0 N–H and O–H groups in total. The minimum absolute atomic E-state index is 0.829. The fourth-order valence-electron chi connectivity index (χ4n) is 1.36. The molecule has 0 aliphatic carbocycles.